The van der Waals surface area contributed by atoms with E-state index >= 15 is 0 Å². The summed E-state index contributed by atoms with van der Waals surface area (Å²) >= 11 is 0. The molecule has 0 atom stereocenters. The summed E-state index contributed by atoms with van der Waals surface area (Å²) in [6.45, 7) is 1.34. The first-order valence-corrected chi connectivity index (χ1v) is 9.79. The minimum Gasteiger partial charge on any atom is -0.381 e. The van der Waals surface area contributed by atoms with Crippen LogP contribution in [0.5, 0.6) is 0 Å². The average Bonchev–Trinajstić information content (AvgIpc) is 2.68. The van der Waals surface area contributed by atoms with Crippen LogP contribution in [0.4, 0.5) is 5.69 Å². The van der Waals surface area contributed by atoms with Gasteiger partial charge >= 0.3 is 0 Å². The summed E-state index contributed by atoms with van der Waals surface area (Å²) in [7, 11) is -3.86. The van der Waals surface area contributed by atoms with E-state index < -0.39 is 14.9 Å². The highest BCUT2D eigenvalue weighted by Crippen LogP contribution is 2.34. The van der Waals surface area contributed by atoms with Crippen molar-refractivity contribution >= 4 is 15.7 Å². The first-order valence-electron chi connectivity index (χ1n) is 8.30. The molecular weight excluding hydrogens is 356 g/mol. The number of rotatable bonds is 6. The molecule has 0 saturated carbocycles. The third-order valence-corrected chi connectivity index (χ3v) is 6.17. The van der Waals surface area contributed by atoms with Crippen LogP contribution in [-0.2, 0) is 20.2 Å². The van der Waals surface area contributed by atoms with E-state index in [2.05, 4.69) is 4.72 Å². The molecule has 0 spiro atoms. The molecule has 1 fully saturated rings. The third-order valence-electron chi connectivity index (χ3n) is 4.78. The molecule has 0 radical (unpaired) electrons. The summed E-state index contributed by atoms with van der Waals surface area (Å²) in [5.74, 6) is 0. The number of hydrogen-bond donors (Lipinski definition) is 1. The molecule has 1 N–H and O–H groups in total. The number of nitro groups is 1. The maximum Gasteiger partial charge on any atom is 0.270 e. The van der Waals surface area contributed by atoms with Gasteiger partial charge in [-0.3, -0.25) is 10.1 Å². The van der Waals surface area contributed by atoms with Crippen LogP contribution in [-0.4, -0.2) is 33.1 Å². The summed E-state index contributed by atoms with van der Waals surface area (Å²) in [6, 6.07) is 14.8. The fraction of sp³-hybridized carbons (Fsp3) is 0.333. The SMILES string of the molecule is O=[N+]([O-])c1cccc(S(=O)(=O)NCC2(c3ccccc3)CCOCC2)c1. The highest BCUT2D eigenvalue weighted by atomic mass is 32.2. The van der Waals surface area contributed by atoms with Crippen molar-refractivity contribution in [2.45, 2.75) is 23.2 Å². The minimum absolute atomic E-state index is 0.109. The second-order valence-corrected chi connectivity index (χ2v) is 8.10. The van der Waals surface area contributed by atoms with Crippen molar-refractivity contribution in [2.24, 2.45) is 0 Å². The van der Waals surface area contributed by atoms with Gasteiger partial charge < -0.3 is 4.74 Å². The molecule has 3 rings (SSSR count). The summed E-state index contributed by atoms with van der Waals surface area (Å²) in [5, 5.41) is 10.9. The lowest BCUT2D eigenvalue weighted by Crippen LogP contribution is -2.44. The number of benzene rings is 2. The zero-order valence-electron chi connectivity index (χ0n) is 14.1. The summed E-state index contributed by atoms with van der Waals surface area (Å²) in [5.41, 5.74) is 0.453. The minimum atomic E-state index is -3.86. The molecule has 0 bridgehead atoms. The highest BCUT2D eigenvalue weighted by Gasteiger charge is 2.35. The molecule has 8 heteroatoms. The molecule has 1 aliphatic rings. The van der Waals surface area contributed by atoms with E-state index in [4.69, 9.17) is 4.74 Å². The Labute approximate surface area is 152 Å². The standard InChI is InChI=1S/C18H20N2O5S/c21-20(22)16-7-4-8-17(13-16)26(23,24)19-14-18(9-11-25-12-10-18)15-5-2-1-3-6-15/h1-8,13,19H,9-12,14H2. The van der Waals surface area contributed by atoms with Crippen molar-refractivity contribution in [2.75, 3.05) is 19.8 Å². The number of nitrogens with zero attached hydrogens (tertiary/aromatic N) is 1. The number of nitrogens with one attached hydrogen (secondary N) is 1. The van der Waals surface area contributed by atoms with Gasteiger partial charge in [0.1, 0.15) is 0 Å². The van der Waals surface area contributed by atoms with Gasteiger partial charge in [-0.15, -0.1) is 0 Å². The van der Waals surface area contributed by atoms with Gasteiger partial charge in [0, 0.05) is 37.3 Å². The van der Waals surface area contributed by atoms with Gasteiger partial charge in [0.15, 0.2) is 0 Å². The maximum absolute atomic E-state index is 12.7. The summed E-state index contributed by atoms with van der Waals surface area (Å²) in [4.78, 5) is 10.2. The number of hydrogen-bond acceptors (Lipinski definition) is 5. The van der Waals surface area contributed by atoms with Crippen LogP contribution >= 0.6 is 0 Å². The van der Waals surface area contributed by atoms with Crippen LogP contribution in [0.25, 0.3) is 0 Å². The largest absolute Gasteiger partial charge is 0.381 e. The first-order chi connectivity index (χ1) is 12.4. The number of ether oxygens (including phenoxy) is 1. The Morgan fingerprint density at radius 3 is 2.42 bits per heavy atom. The highest BCUT2D eigenvalue weighted by molar-refractivity contribution is 7.89. The normalized spacial score (nSPS) is 16.9. The van der Waals surface area contributed by atoms with Crippen LogP contribution in [0, 0.1) is 10.1 Å². The quantitative estimate of drug-likeness (QED) is 0.617. The molecule has 1 heterocycles. The molecule has 0 amide bonds. The molecule has 0 aliphatic carbocycles. The average molecular weight is 376 g/mol. The molecular formula is C18H20N2O5S. The van der Waals surface area contributed by atoms with Gasteiger partial charge in [0.05, 0.1) is 9.82 Å². The maximum atomic E-state index is 12.7. The number of nitro benzene ring substituents is 1. The molecule has 1 saturated heterocycles. The Bertz CT molecular complexity index is 877. The predicted molar refractivity (Wildman–Crippen MR) is 96.5 cm³/mol. The van der Waals surface area contributed by atoms with E-state index in [0.29, 0.717) is 26.1 Å². The molecule has 138 valence electrons. The zero-order valence-corrected chi connectivity index (χ0v) is 14.9. The van der Waals surface area contributed by atoms with Gasteiger partial charge in [-0.1, -0.05) is 36.4 Å². The molecule has 0 aromatic heterocycles. The van der Waals surface area contributed by atoms with Gasteiger partial charge in [-0.2, -0.15) is 0 Å². The Morgan fingerprint density at radius 2 is 1.77 bits per heavy atom. The lowest BCUT2D eigenvalue weighted by molar-refractivity contribution is -0.385. The van der Waals surface area contributed by atoms with E-state index in [9.17, 15) is 18.5 Å². The predicted octanol–water partition coefficient (Wildman–Crippen LogP) is 2.62. The third kappa shape index (κ3) is 3.92. The molecule has 1 aliphatic heterocycles. The van der Waals surface area contributed by atoms with Gasteiger partial charge in [0.25, 0.3) is 5.69 Å². The number of non-ortho nitro benzene ring substituents is 1. The van der Waals surface area contributed by atoms with Gasteiger partial charge in [0.2, 0.25) is 10.0 Å². The monoisotopic (exact) mass is 376 g/mol. The van der Waals surface area contributed by atoms with Crippen molar-refractivity contribution in [3.05, 3.63) is 70.3 Å². The van der Waals surface area contributed by atoms with Crippen molar-refractivity contribution < 1.29 is 18.1 Å². The smallest absolute Gasteiger partial charge is 0.270 e. The van der Waals surface area contributed by atoms with E-state index in [1.165, 1.54) is 18.2 Å². The van der Waals surface area contributed by atoms with E-state index in [1.54, 1.807) is 0 Å². The lowest BCUT2D eigenvalue weighted by atomic mass is 9.74. The molecule has 2 aromatic rings. The van der Waals surface area contributed by atoms with Crippen molar-refractivity contribution in [1.29, 1.82) is 0 Å². The molecule has 2 aromatic carbocycles. The van der Waals surface area contributed by atoms with Crippen molar-refractivity contribution in [3.8, 4) is 0 Å². The summed E-state index contributed by atoms with van der Waals surface area (Å²) in [6.07, 6.45) is 1.41. The Morgan fingerprint density at radius 1 is 1.08 bits per heavy atom. The van der Waals surface area contributed by atoms with Crippen LogP contribution in [0.2, 0.25) is 0 Å². The van der Waals surface area contributed by atoms with E-state index in [1.807, 2.05) is 30.3 Å². The fourth-order valence-electron chi connectivity index (χ4n) is 3.20. The lowest BCUT2D eigenvalue weighted by Gasteiger charge is -2.37. The molecule has 0 unspecified atom stereocenters. The Kier molecular flexibility index (Phi) is 5.36. The Balaban J connectivity index is 1.85. The van der Waals surface area contributed by atoms with Gasteiger partial charge in [-0.25, -0.2) is 13.1 Å². The first kappa shape index (κ1) is 18.5. The summed E-state index contributed by atoms with van der Waals surface area (Å²) < 4.78 is 33.4. The van der Waals surface area contributed by atoms with Crippen LogP contribution in [0.1, 0.15) is 18.4 Å². The topological polar surface area (TPSA) is 98.5 Å². The fourth-order valence-corrected chi connectivity index (χ4v) is 4.37. The zero-order chi connectivity index (χ0) is 18.6. The van der Waals surface area contributed by atoms with E-state index in [-0.39, 0.29) is 22.5 Å². The molecule has 7 nitrogen and oxygen atoms in total. The van der Waals surface area contributed by atoms with Crippen LogP contribution in [0.3, 0.4) is 0 Å². The van der Waals surface area contributed by atoms with E-state index in [0.717, 1.165) is 11.6 Å². The number of sulfonamides is 1. The van der Waals surface area contributed by atoms with Crippen LogP contribution < -0.4 is 4.72 Å². The second kappa shape index (κ2) is 7.53. The van der Waals surface area contributed by atoms with Crippen molar-refractivity contribution in [1.82, 2.24) is 4.72 Å². The second-order valence-electron chi connectivity index (χ2n) is 6.34. The van der Waals surface area contributed by atoms with Crippen molar-refractivity contribution in [3.63, 3.8) is 0 Å². The molecule has 26 heavy (non-hydrogen) atoms. The Hall–Kier alpha value is -2.29. The van der Waals surface area contributed by atoms with Gasteiger partial charge in [-0.05, 0) is 24.5 Å². The van der Waals surface area contributed by atoms with Crippen LogP contribution in [0.15, 0.2) is 59.5 Å².